The molecule has 44 heavy (non-hydrogen) atoms. The van der Waals surface area contributed by atoms with Gasteiger partial charge in [0.05, 0.1) is 24.0 Å². The molecule has 3 aromatic heterocycles. The normalized spacial score (nSPS) is 12.2. The smallest absolute Gasteiger partial charge is 0.410 e. The minimum Gasteiger partial charge on any atom is -0.436 e. The molecule has 0 saturated heterocycles. The lowest BCUT2D eigenvalue weighted by Crippen LogP contribution is -2.38. The van der Waals surface area contributed by atoms with E-state index in [-0.39, 0.29) is 48.3 Å². The van der Waals surface area contributed by atoms with E-state index < -0.39 is 29.5 Å². The number of carbonyl (C=O) groups excluding carboxylic acids is 3. The number of H-pyrrole nitrogens is 1. The topological polar surface area (TPSA) is 143 Å². The van der Waals surface area contributed by atoms with Crippen LogP contribution in [0.25, 0.3) is 11.0 Å². The van der Waals surface area contributed by atoms with Crippen molar-refractivity contribution in [3.63, 3.8) is 0 Å². The van der Waals surface area contributed by atoms with E-state index in [9.17, 15) is 23.6 Å². The number of fused-ring (bicyclic) bond motifs is 1. The summed E-state index contributed by atoms with van der Waals surface area (Å²) in [7, 11) is 6.21. The number of anilines is 1. The molecule has 0 aliphatic rings. The number of pyridine rings is 2. The van der Waals surface area contributed by atoms with Crippen molar-refractivity contribution >= 4 is 34.6 Å². The summed E-state index contributed by atoms with van der Waals surface area (Å²) in [6, 6.07) is 3.24. The van der Waals surface area contributed by atoms with Crippen molar-refractivity contribution in [2.24, 2.45) is 5.92 Å². The molecule has 12 nitrogen and oxygen atoms in total. The number of amides is 3. The Labute approximate surface area is 256 Å². The number of ether oxygens (including phenoxy) is 1. The lowest BCUT2D eigenvalue weighted by molar-refractivity contribution is -0.125. The standard InChI is InChI=1S/C31H42FN7O5/c1-18(2)15-22-28-27(20(32)16-33-22)35-25(36-28)17-39-23(19(3)4)14-13-21(30(39)42)34-29(41)24(44-31(43)38(7)8)11-9-10-12-26(40)37(5)6/h10,12-14,16,18-19,24H,9,11,15,17H2,1-8H3,(H,34,41)(H,35,36). The average Bonchev–Trinajstić information content (AvgIpc) is 3.38. The monoisotopic (exact) mass is 611 g/mol. The van der Waals surface area contributed by atoms with E-state index in [1.807, 2.05) is 27.7 Å². The van der Waals surface area contributed by atoms with Crippen molar-refractivity contribution in [3.8, 4) is 0 Å². The Morgan fingerprint density at radius 2 is 1.82 bits per heavy atom. The van der Waals surface area contributed by atoms with Gasteiger partial charge in [0.15, 0.2) is 11.9 Å². The third kappa shape index (κ3) is 8.51. The summed E-state index contributed by atoms with van der Waals surface area (Å²) < 4.78 is 21.5. The molecule has 3 aromatic rings. The van der Waals surface area contributed by atoms with E-state index in [0.29, 0.717) is 29.1 Å². The van der Waals surface area contributed by atoms with Gasteiger partial charge in [-0.25, -0.2) is 14.2 Å². The van der Waals surface area contributed by atoms with Crippen LogP contribution in [-0.2, 0) is 27.3 Å². The Bertz CT molecular complexity index is 1590. The van der Waals surface area contributed by atoms with Crippen LogP contribution < -0.4 is 10.9 Å². The van der Waals surface area contributed by atoms with Crippen molar-refractivity contribution in [1.29, 1.82) is 0 Å². The molecule has 0 aliphatic heterocycles. The Hall–Kier alpha value is -4.55. The molecule has 2 N–H and O–H groups in total. The van der Waals surface area contributed by atoms with E-state index in [1.165, 1.54) is 40.6 Å². The fourth-order valence-corrected chi connectivity index (χ4v) is 4.45. The number of aromatic amines is 1. The van der Waals surface area contributed by atoms with Crippen LogP contribution in [0.4, 0.5) is 14.9 Å². The SMILES string of the molecule is CC(C)Cc1ncc(F)c2nc(Cn3c(C(C)C)ccc(NC(=O)C(CCC=CC(=O)N(C)C)OC(=O)N(C)C)c3=O)[nH]c12. The molecular formula is C31H42FN7O5. The summed E-state index contributed by atoms with van der Waals surface area (Å²) in [6.07, 6.45) is 3.14. The van der Waals surface area contributed by atoms with Crippen LogP contribution in [0.1, 0.15) is 63.7 Å². The molecule has 3 amide bonds. The van der Waals surface area contributed by atoms with Crippen LogP contribution in [0.15, 0.2) is 35.3 Å². The molecule has 0 aromatic carbocycles. The van der Waals surface area contributed by atoms with Gasteiger partial charge >= 0.3 is 6.09 Å². The van der Waals surface area contributed by atoms with Gasteiger partial charge in [0, 0.05) is 33.9 Å². The molecule has 13 heteroatoms. The van der Waals surface area contributed by atoms with E-state index in [2.05, 4.69) is 20.3 Å². The molecule has 1 unspecified atom stereocenters. The lowest BCUT2D eigenvalue weighted by Gasteiger charge is -2.20. The van der Waals surface area contributed by atoms with Crippen LogP contribution >= 0.6 is 0 Å². The number of nitrogens with one attached hydrogen (secondary N) is 2. The van der Waals surface area contributed by atoms with E-state index >= 15 is 0 Å². The quantitative estimate of drug-likeness (QED) is 0.294. The first-order valence-corrected chi connectivity index (χ1v) is 14.5. The van der Waals surface area contributed by atoms with Gasteiger partial charge in [-0.15, -0.1) is 0 Å². The summed E-state index contributed by atoms with van der Waals surface area (Å²) in [5.41, 5.74) is 1.49. The first-order chi connectivity index (χ1) is 20.7. The zero-order valence-corrected chi connectivity index (χ0v) is 26.6. The number of hydrogen-bond acceptors (Lipinski definition) is 7. The van der Waals surface area contributed by atoms with Gasteiger partial charge < -0.3 is 29.4 Å². The van der Waals surface area contributed by atoms with Crippen LogP contribution in [-0.4, -0.2) is 81.5 Å². The summed E-state index contributed by atoms with van der Waals surface area (Å²) in [5, 5.41) is 2.61. The van der Waals surface area contributed by atoms with Gasteiger partial charge in [0.1, 0.15) is 17.0 Å². The van der Waals surface area contributed by atoms with Gasteiger partial charge in [-0.2, -0.15) is 0 Å². The highest BCUT2D eigenvalue weighted by Crippen LogP contribution is 2.22. The first kappa shape index (κ1) is 33.9. The van der Waals surface area contributed by atoms with Gasteiger partial charge in [-0.05, 0) is 49.3 Å². The van der Waals surface area contributed by atoms with Gasteiger partial charge in [-0.1, -0.05) is 33.8 Å². The Kier molecular flexibility index (Phi) is 11.4. The van der Waals surface area contributed by atoms with Crippen molar-refractivity contribution in [1.82, 2.24) is 29.3 Å². The molecular weight excluding hydrogens is 569 g/mol. The molecule has 0 saturated carbocycles. The van der Waals surface area contributed by atoms with Crippen LogP contribution in [0.3, 0.4) is 0 Å². The molecule has 0 fully saturated rings. The second-order valence-electron chi connectivity index (χ2n) is 11.7. The fraction of sp³-hybridized carbons (Fsp3) is 0.484. The highest BCUT2D eigenvalue weighted by molar-refractivity contribution is 5.95. The lowest BCUT2D eigenvalue weighted by atomic mass is 10.1. The predicted molar refractivity (Wildman–Crippen MR) is 166 cm³/mol. The number of likely N-dealkylation sites (N-methyl/N-ethyl adjacent to an activating group) is 1. The molecule has 0 bridgehead atoms. The van der Waals surface area contributed by atoms with Gasteiger partial charge in [0.2, 0.25) is 5.91 Å². The number of allylic oxidation sites excluding steroid dienone is 1. The average molecular weight is 612 g/mol. The number of aromatic nitrogens is 4. The Morgan fingerprint density at radius 3 is 2.43 bits per heavy atom. The molecule has 3 heterocycles. The zero-order chi connectivity index (χ0) is 32.7. The minimum absolute atomic E-state index is 0.00492. The largest absolute Gasteiger partial charge is 0.436 e. The maximum Gasteiger partial charge on any atom is 0.410 e. The second-order valence-corrected chi connectivity index (χ2v) is 11.7. The zero-order valence-electron chi connectivity index (χ0n) is 26.6. The Morgan fingerprint density at radius 1 is 1.11 bits per heavy atom. The Balaban J connectivity index is 1.92. The first-order valence-electron chi connectivity index (χ1n) is 14.5. The molecule has 0 spiro atoms. The number of hydrogen-bond donors (Lipinski definition) is 2. The third-order valence-corrected chi connectivity index (χ3v) is 6.77. The fourth-order valence-electron chi connectivity index (χ4n) is 4.45. The van der Waals surface area contributed by atoms with Crippen molar-refractivity contribution in [2.45, 2.75) is 65.5 Å². The number of rotatable bonds is 12. The van der Waals surface area contributed by atoms with E-state index in [0.717, 1.165) is 6.20 Å². The molecule has 238 valence electrons. The highest BCUT2D eigenvalue weighted by Gasteiger charge is 2.25. The van der Waals surface area contributed by atoms with Crippen molar-refractivity contribution in [2.75, 3.05) is 33.5 Å². The molecule has 0 aliphatic carbocycles. The van der Waals surface area contributed by atoms with Crippen molar-refractivity contribution < 1.29 is 23.5 Å². The summed E-state index contributed by atoms with van der Waals surface area (Å²) in [4.78, 5) is 65.6. The number of nitrogens with zero attached hydrogens (tertiary/aromatic N) is 5. The summed E-state index contributed by atoms with van der Waals surface area (Å²) in [5.74, 6) is -0.883. The van der Waals surface area contributed by atoms with Crippen LogP contribution in [0.5, 0.6) is 0 Å². The minimum atomic E-state index is -1.23. The maximum atomic E-state index is 14.6. The van der Waals surface area contributed by atoms with Crippen LogP contribution in [0.2, 0.25) is 0 Å². The predicted octanol–water partition coefficient (Wildman–Crippen LogP) is 4.06. The number of carbonyl (C=O) groups is 3. The summed E-state index contributed by atoms with van der Waals surface area (Å²) >= 11 is 0. The third-order valence-electron chi connectivity index (χ3n) is 6.77. The summed E-state index contributed by atoms with van der Waals surface area (Å²) in [6.45, 7) is 7.93. The molecule has 3 rings (SSSR count). The number of imidazole rings is 1. The van der Waals surface area contributed by atoms with E-state index in [1.54, 1.807) is 26.2 Å². The second kappa shape index (κ2) is 14.8. The van der Waals surface area contributed by atoms with Crippen molar-refractivity contribution in [3.05, 3.63) is 63.9 Å². The highest BCUT2D eigenvalue weighted by atomic mass is 19.1. The molecule has 0 radical (unpaired) electrons. The van der Waals surface area contributed by atoms with Gasteiger partial charge in [-0.3, -0.25) is 19.4 Å². The maximum absolute atomic E-state index is 14.6. The molecule has 1 atom stereocenters. The van der Waals surface area contributed by atoms with Crippen LogP contribution in [0, 0.1) is 11.7 Å². The number of halogens is 1. The van der Waals surface area contributed by atoms with Gasteiger partial charge in [0.25, 0.3) is 11.5 Å². The van der Waals surface area contributed by atoms with E-state index in [4.69, 9.17) is 4.74 Å².